The molecule has 29 heavy (non-hydrogen) atoms. The van der Waals surface area contributed by atoms with Gasteiger partial charge in [-0.3, -0.25) is 4.79 Å². The lowest BCUT2D eigenvalue weighted by atomic mass is 9.96. The number of pyridine rings is 1. The van der Waals surface area contributed by atoms with Crippen LogP contribution in [0, 0.1) is 13.8 Å². The molecule has 1 aliphatic rings. The first-order valence-corrected chi connectivity index (χ1v) is 11.1. The zero-order chi connectivity index (χ0) is 21.0. The second-order valence-electron chi connectivity index (χ2n) is 8.68. The molecule has 3 rings (SSSR count). The number of fused-ring (bicyclic) bond motifs is 1. The summed E-state index contributed by atoms with van der Waals surface area (Å²) in [5, 5.41) is 5.41. The molecule has 0 aliphatic heterocycles. The third kappa shape index (κ3) is 5.80. The van der Waals surface area contributed by atoms with Crippen LogP contribution in [0.1, 0.15) is 48.8 Å². The molecule has 2 aromatic rings. The molecule has 0 saturated heterocycles. The molecule has 0 spiro atoms. The molecule has 6 heteroatoms. The van der Waals surface area contributed by atoms with E-state index in [9.17, 15) is 4.79 Å². The Morgan fingerprint density at radius 1 is 1.14 bits per heavy atom. The van der Waals surface area contributed by atoms with Gasteiger partial charge in [-0.05, 0) is 76.1 Å². The Bertz CT molecular complexity index is 915. The van der Waals surface area contributed by atoms with Gasteiger partial charge in [0.15, 0.2) is 5.11 Å². The predicted molar refractivity (Wildman–Crippen MR) is 126 cm³/mol. The van der Waals surface area contributed by atoms with Gasteiger partial charge in [0.25, 0.3) is 5.56 Å². The highest BCUT2D eigenvalue weighted by Gasteiger charge is 2.19. The van der Waals surface area contributed by atoms with Crippen molar-refractivity contribution in [2.75, 3.05) is 27.2 Å². The molecule has 1 aliphatic carbocycles. The molecule has 0 radical (unpaired) electrons. The molecule has 1 aromatic carbocycles. The van der Waals surface area contributed by atoms with Crippen LogP contribution in [0.5, 0.6) is 0 Å². The third-order valence-corrected chi connectivity index (χ3v) is 6.14. The number of aromatic nitrogens is 1. The van der Waals surface area contributed by atoms with Gasteiger partial charge in [-0.2, -0.15) is 0 Å². The van der Waals surface area contributed by atoms with E-state index in [1.54, 1.807) is 0 Å². The lowest BCUT2D eigenvalue weighted by Crippen LogP contribution is -2.47. The second-order valence-corrected chi connectivity index (χ2v) is 9.07. The lowest BCUT2D eigenvalue weighted by molar-refractivity contribution is 0.314. The zero-order valence-electron chi connectivity index (χ0n) is 18.2. The lowest BCUT2D eigenvalue weighted by Gasteiger charge is -2.31. The highest BCUT2D eigenvalue weighted by Crippen LogP contribution is 2.20. The molecular formula is C23H34N4OS. The summed E-state index contributed by atoms with van der Waals surface area (Å²) < 4.78 is 0. The maximum absolute atomic E-state index is 12.8. The standard InChI is InChI=1S/C23H34N4OS/c1-16-12-17(2)21-18(13-16)14-19(22(28)25-21)15-27(11-10-26(3)4)23(29)24-20-8-6-5-7-9-20/h12-14,20H,5-11,15H2,1-4H3,(H,24,29)(H,25,28). The summed E-state index contributed by atoms with van der Waals surface area (Å²) in [5.74, 6) is 0. The minimum absolute atomic E-state index is 0.0280. The Kier molecular flexibility index (Phi) is 7.30. The van der Waals surface area contributed by atoms with E-state index in [0.717, 1.165) is 40.2 Å². The number of rotatable bonds is 6. The summed E-state index contributed by atoms with van der Waals surface area (Å²) in [6.45, 7) is 6.32. The number of nitrogens with zero attached hydrogens (tertiary/aromatic N) is 2. The number of likely N-dealkylation sites (N-methyl/N-ethyl adjacent to an activating group) is 1. The van der Waals surface area contributed by atoms with Gasteiger partial charge in [0.1, 0.15) is 0 Å². The minimum atomic E-state index is -0.0280. The summed E-state index contributed by atoms with van der Waals surface area (Å²) in [5.41, 5.74) is 3.95. The molecule has 0 bridgehead atoms. The van der Waals surface area contributed by atoms with Gasteiger partial charge in [-0.1, -0.05) is 30.9 Å². The van der Waals surface area contributed by atoms with Gasteiger partial charge in [0.05, 0.1) is 12.1 Å². The average Bonchev–Trinajstić information content (AvgIpc) is 2.66. The van der Waals surface area contributed by atoms with Crippen molar-refractivity contribution in [3.05, 3.63) is 45.2 Å². The Hall–Kier alpha value is -1.92. The van der Waals surface area contributed by atoms with Crippen molar-refractivity contribution in [3.8, 4) is 0 Å². The third-order valence-electron chi connectivity index (χ3n) is 5.77. The number of aromatic amines is 1. The van der Waals surface area contributed by atoms with Gasteiger partial charge in [-0.15, -0.1) is 0 Å². The fourth-order valence-electron chi connectivity index (χ4n) is 4.14. The van der Waals surface area contributed by atoms with Crippen molar-refractivity contribution >= 4 is 28.2 Å². The Balaban J connectivity index is 1.83. The minimum Gasteiger partial charge on any atom is -0.360 e. The Morgan fingerprint density at radius 2 is 1.86 bits per heavy atom. The van der Waals surface area contributed by atoms with Gasteiger partial charge in [-0.25, -0.2) is 0 Å². The fourth-order valence-corrected chi connectivity index (χ4v) is 4.46. The molecule has 158 valence electrons. The van der Waals surface area contributed by atoms with E-state index in [2.05, 4.69) is 53.3 Å². The van der Waals surface area contributed by atoms with Gasteiger partial charge < -0.3 is 20.1 Å². The van der Waals surface area contributed by atoms with Gasteiger partial charge >= 0.3 is 0 Å². The first-order valence-electron chi connectivity index (χ1n) is 10.7. The molecule has 1 saturated carbocycles. The van der Waals surface area contributed by atoms with Crippen molar-refractivity contribution in [2.24, 2.45) is 0 Å². The van der Waals surface area contributed by atoms with E-state index in [1.807, 2.05) is 13.0 Å². The van der Waals surface area contributed by atoms with Crippen LogP contribution >= 0.6 is 12.2 Å². The maximum Gasteiger partial charge on any atom is 0.253 e. The highest BCUT2D eigenvalue weighted by atomic mass is 32.1. The molecular weight excluding hydrogens is 380 g/mol. The van der Waals surface area contributed by atoms with Crippen LogP contribution < -0.4 is 10.9 Å². The van der Waals surface area contributed by atoms with Crippen molar-refractivity contribution < 1.29 is 0 Å². The van der Waals surface area contributed by atoms with E-state index in [1.165, 1.54) is 37.7 Å². The molecule has 1 aromatic heterocycles. The van der Waals surface area contributed by atoms with Crippen LogP contribution in [0.25, 0.3) is 10.9 Å². The van der Waals surface area contributed by atoms with E-state index in [0.29, 0.717) is 12.6 Å². The largest absolute Gasteiger partial charge is 0.360 e. The number of nitrogens with one attached hydrogen (secondary N) is 2. The molecule has 2 N–H and O–H groups in total. The number of thiocarbonyl (C=S) groups is 1. The van der Waals surface area contributed by atoms with E-state index in [-0.39, 0.29) is 5.56 Å². The van der Waals surface area contributed by atoms with Crippen LogP contribution in [0.2, 0.25) is 0 Å². The topological polar surface area (TPSA) is 51.4 Å². The van der Waals surface area contributed by atoms with Crippen LogP contribution in [0.3, 0.4) is 0 Å². The second kappa shape index (κ2) is 9.72. The normalized spacial score (nSPS) is 15.1. The molecule has 0 unspecified atom stereocenters. The van der Waals surface area contributed by atoms with Crippen LogP contribution in [-0.4, -0.2) is 53.1 Å². The number of hydrogen-bond acceptors (Lipinski definition) is 3. The average molecular weight is 415 g/mol. The molecule has 1 heterocycles. The summed E-state index contributed by atoms with van der Waals surface area (Å²) in [7, 11) is 4.12. The maximum atomic E-state index is 12.8. The molecule has 0 amide bonds. The number of H-pyrrole nitrogens is 1. The first kappa shape index (κ1) is 21.8. The van der Waals surface area contributed by atoms with Gasteiger partial charge in [0.2, 0.25) is 0 Å². The summed E-state index contributed by atoms with van der Waals surface area (Å²) in [6, 6.07) is 6.72. The van der Waals surface area contributed by atoms with E-state index < -0.39 is 0 Å². The van der Waals surface area contributed by atoms with Crippen molar-refractivity contribution in [1.29, 1.82) is 0 Å². The van der Waals surface area contributed by atoms with Gasteiger partial charge in [0, 0.05) is 24.7 Å². The summed E-state index contributed by atoms with van der Waals surface area (Å²) in [6.07, 6.45) is 6.20. The summed E-state index contributed by atoms with van der Waals surface area (Å²) >= 11 is 5.77. The van der Waals surface area contributed by atoms with Crippen molar-refractivity contribution in [3.63, 3.8) is 0 Å². The first-order chi connectivity index (χ1) is 13.8. The summed E-state index contributed by atoms with van der Waals surface area (Å²) in [4.78, 5) is 20.2. The molecule has 0 atom stereocenters. The highest BCUT2D eigenvalue weighted by molar-refractivity contribution is 7.80. The zero-order valence-corrected chi connectivity index (χ0v) is 19.0. The SMILES string of the molecule is Cc1cc(C)c2[nH]c(=O)c(CN(CCN(C)C)C(=S)NC3CCCCC3)cc2c1. The van der Waals surface area contributed by atoms with Crippen LogP contribution in [0.15, 0.2) is 23.0 Å². The number of benzene rings is 1. The molecule has 5 nitrogen and oxygen atoms in total. The van der Waals surface area contributed by atoms with Crippen LogP contribution in [0.4, 0.5) is 0 Å². The fraction of sp³-hybridized carbons (Fsp3) is 0.565. The van der Waals surface area contributed by atoms with Crippen molar-refractivity contribution in [2.45, 2.75) is 58.5 Å². The number of aryl methyl sites for hydroxylation is 2. The number of hydrogen-bond donors (Lipinski definition) is 2. The predicted octanol–water partition coefficient (Wildman–Crippen LogP) is 3.72. The van der Waals surface area contributed by atoms with E-state index >= 15 is 0 Å². The monoisotopic (exact) mass is 414 g/mol. The Morgan fingerprint density at radius 3 is 2.55 bits per heavy atom. The quantitative estimate of drug-likeness (QED) is 0.706. The van der Waals surface area contributed by atoms with Crippen LogP contribution in [-0.2, 0) is 6.54 Å². The van der Waals surface area contributed by atoms with Crippen molar-refractivity contribution in [1.82, 2.24) is 20.1 Å². The smallest absolute Gasteiger partial charge is 0.253 e. The Labute approximate surface area is 179 Å². The van der Waals surface area contributed by atoms with E-state index in [4.69, 9.17) is 12.2 Å². The molecule has 1 fully saturated rings.